The lowest BCUT2D eigenvalue weighted by atomic mass is 10.0. The van der Waals surface area contributed by atoms with Crippen molar-refractivity contribution in [2.24, 2.45) is 0 Å². The van der Waals surface area contributed by atoms with E-state index in [9.17, 15) is 14.7 Å². The highest BCUT2D eigenvalue weighted by molar-refractivity contribution is 9.10. The SMILES string of the molecule is O=C(Nc1scc(-c2ccc(Br)cc2)c1C(=O)O)c1cc(-c2ccccc2)on1. The number of benzene rings is 2. The van der Waals surface area contributed by atoms with Gasteiger partial charge in [-0.2, -0.15) is 0 Å². The van der Waals surface area contributed by atoms with Gasteiger partial charge in [0.15, 0.2) is 11.5 Å². The number of aromatic nitrogens is 1. The van der Waals surface area contributed by atoms with E-state index in [1.807, 2.05) is 54.6 Å². The molecule has 0 aliphatic carbocycles. The van der Waals surface area contributed by atoms with E-state index < -0.39 is 11.9 Å². The fourth-order valence-corrected chi connectivity index (χ4v) is 4.01. The molecule has 0 fully saturated rings. The van der Waals surface area contributed by atoms with Crippen LogP contribution in [0.1, 0.15) is 20.8 Å². The van der Waals surface area contributed by atoms with Gasteiger partial charge >= 0.3 is 5.97 Å². The van der Waals surface area contributed by atoms with E-state index >= 15 is 0 Å². The molecule has 1 amide bonds. The molecular weight excluding hydrogens is 456 g/mol. The van der Waals surface area contributed by atoms with Crippen LogP contribution in [0.3, 0.4) is 0 Å². The molecule has 0 spiro atoms. The number of aromatic carboxylic acids is 1. The zero-order chi connectivity index (χ0) is 20.4. The van der Waals surface area contributed by atoms with E-state index in [1.54, 1.807) is 5.38 Å². The second-order valence-corrected chi connectivity index (χ2v) is 7.86. The number of halogens is 1. The second-order valence-electron chi connectivity index (χ2n) is 6.06. The van der Waals surface area contributed by atoms with Crippen molar-refractivity contribution in [2.75, 3.05) is 5.32 Å². The lowest BCUT2D eigenvalue weighted by Gasteiger charge is -2.05. The summed E-state index contributed by atoms with van der Waals surface area (Å²) in [5.41, 5.74) is 2.18. The number of carbonyl (C=O) groups excluding carboxylic acids is 1. The summed E-state index contributed by atoms with van der Waals surface area (Å²) >= 11 is 4.51. The Morgan fingerprint density at radius 3 is 2.45 bits per heavy atom. The Labute approximate surface area is 177 Å². The van der Waals surface area contributed by atoms with Crippen LogP contribution >= 0.6 is 27.3 Å². The van der Waals surface area contributed by atoms with Gasteiger partial charge in [-0.1, -0.05) is 63.6 Å². The third-order valence-corrected chi connectivity index (χ3v) is 5.61. The summed E-state index contributed by atoms with van der Waals surface area (Å²) < 4.78 is 6.14. The van der Waals surface area contributed by atoms with Gasteiger partial charge in [-0.15, -0.1) is 11.3 Å². The third-order valence-electron chi connectivity index (χ3n) is 4.19. The smallest absolute Gasteiger partial charge is 0.339 e. The summed E-state index contributed by atoms with van der Waals surface area (Å²) in [6.07, 6.45) is 0. The van der Waals surface area contributed by atoms with E-state index in [0.29, 0.717) is 11.3 Å². The summed E-state index contributed by atoms with van der Waals surface area (Å²) in [7, 11) is 0. The Bertz CT molecular complexity index is 1180. The quantitative estimate of drug-likeness (QED) is 0.387. The molecule has 6 nitrogen and oxygen atoms in total. The molecule has 0 aliphatic rings. The number of hydrogen-bond donors (Lipinski definition) is 2. The monoisotopic (exact) mass is 468 g/mol. The normalized spacial score (nSPS) is 10.7. The molecule has 0 unspecified atom stereocenters. The Morgan fingerprint density at radius 1 is 1.03 bits per heavy atom. The van der Waals surface area contributed by atoms with Crippen LogP contribution in [0.4, 0.5) is 5.00 Å². The van der Waals surface area contributed by atoms with Gasteiger partial charge in [-0.05, 0) is 17.7 Å². The fourth-order valence-electron chi connectivity index (χ4n) is 2.79. The molecule has 0 radical (unpaired) electrons. The van der Waals surface area contributed by atoms with Crippen molar-refractivity contribution in [3.63, 3.8) is 0 Å². The minimum Gasteiger partial charge on any atom is -0.478 e. The summed E-state index contributed by atoms with van der Waals surface area (Å²) in [6, 6.07) is 18.1. The van der Waals surface area contributed by atoms with Crippen LogP contribution in [0.15, 0.2) is 75.0 Å². The molecule has 0 saturated heterocycles. The Morgan fingerprint density at radius 2 is 1.76 bits per heavy atom. The van der Waals surface area contributed by atoms with E-state index in [-0.39, 0.29) is 16.3 Å². The van der Waals surface area contributed by atoms with Crippen LogP contribution in [-0.4, -0.2) is 22.1 Å². The molecule has 29 heavy (non-hydrogen) atoms. The summed E-state index contributed by atoms with van der Waals surface area (Å²) in [5.74, 6) is -1.21. The van der Waals surface area contributed by atoms with Crippen molar-refractivity contribution >= 4 is 44.1 Å². The number of carbonyl (C=O) groups is 2. The van der Waals surface area contributed by atoms with Crippen molar-refractivity contribution in [3.8, 4) is 22.5 Å². The zero-order valence-corrected chi connectivity index (χ0v) is 17.2. The van der Waals surface area contributed by atoms with E-state index in [2.05, 4.69) is 26.4 Å². The first kappa shape index (κ1) is 19.1. The van der Waals surface area contributed by atoms with Gasteiger partial charge in [-0.3, -0.25) is 4.79 Å². The van der Waals surface area contributed by atoms with E-state index in [4.69, 9.17) is 4.52 Å². The molecular formula is C21H13BrN2O4S. The first-order chi connectivity index (χ1) is 14.0. The maximum atomic E-state index is 12.6. The molecule has 2 heterocycles. The van der Waals surface area contributed by atoms with Crippen molar-refractivity contribution < 1.29 is 19.2 Å². The number of thiophene rings is 1. The van der Waals surface area contributed by atoms with E-state index in [0.717, 1.165) is 26.9 Å². The maximum absolute atomic E-state index is 12.6. The maximum Gasteiger partial charge on any atom is 0.339 e. The number of anilines is 1. The molecule has 0 aliphatic heterocycles. The molecule has 8 heteroatoms. The predicted molar refractivity (Wildman–Crippen MR) is 114 cm³/mol. The minimum atomic E-state index is -1.12. The van der Waals surface area contributed by atoms with Crippen molar-refractivity contribution in [2.45, 2.75) is 0 Å². The lowest BCUT2D eigenvalue weighted by Crippen LogP contribution is -2.13. The number of nitrogens with zero attached hydrogens (tertiary/aromatic N) is 1. The fraction of sp³-hybridized carbons (Fsp3) is 0. The largest absolute Gasteiger partial charge is 0.478 e. The first-order valence-corrected chi connectivity index (χ1v) is 10.1. The highest BCUT2D eigenvalue weighted by Gasteiger charge is 2.23. The number of carboxylic acids is 1. The van der Waals surface area contributed by atoms with Crippen LogP contribution in [0, 0.1) is 0 Å². The number of carboxylic acid groups (broad SMARTS) is 1. The second kappa shape index (κ2) is 8.02. The highest BCUT2D eigenvalue weighted by atomic mass is 79.9. The average Bonchev–Trinajstić information content (AvgIpc) is 3.37. The van der Waals surface area contributed by atoms with Gasteiger partial charge < -0.3 is 14.9 Å². The van der Waals surface area contributed by atoms with Crippen LogP contribution in [0.25, 0.3) is 22.5 Å². The molecule has 0 atom stereocenters. The molecule has 4 aromatic rings. The number of rotatable bonds is 5. The molecule has 2 aromatic carbocycles. The molecule has 144 valence electrons. The Balaban J connectivity index is 1.61. The molecule has 2 N–H and O–H groups in total. The predicted octanol–water partition coefficient (Wildman–Crippen LogP) is 5.78. The van der Waals surface area contributed by atoms with Crippen molar-refractivity contribution in [1.29, 1.82) is 0 Å². The Hall–Kier alpha value is -3.23. The zero-order valence-electron chi connectivity index (χ0n) is 14.8. The lowest BCUT2D eigenvalue weighted by molar-refractivity contribution is 0.0699. The molecule has 4 rings (SSSR count). The van der Waals surface area contributed by atoms with E-state index in [1.165, 1.54) is 6.07 Å². The molecule has 0 saturated carbocycles. The molecule has 2 aromatic heterocycles. The Kier molecular flexibility index (Phi) is 5.28. The summed E-state index contributed by atoms with van der Waals surface area (Å²) in [5, 5.41) is 18.1. The van der Waals surface area contributed by atoms with Crippen molar-refractivity contribution in [3.05, 3.63) is 81.8 Å². The van der Waals surface area contributed by atoms with Gasteiger partial charge in [0.05, 0.1) is 0 Å². The summed E-state index contributed by atoms with van der Waals surface area (Å²) in [6.45, 7) is 0. The van der Waals surface area contributed by atoms with Crippen LogP contribution in [0.2, 0.25) is 0 Å². The number of hydrogen-bond acceptors (Lipinski definition) is 5. The van der Waals surface area contributed by atoms with Crippen LogP contribution in [0.5, 0.6) is 0 Å². The van der Waals surface area contributed by atoms with Crippen LogP contribution < -0.4 is 5.32 Å². The topological polar surface area (TPSA) is 92.4 Å². The van der Waals surface area contributed by atoms with Gasteiger partial charge in [-0.25, -0.2) is 4.79 Å². The first-order valence-electron chi connectivity index (χ1n) is 8.47. The van der Waals surface area contributed by atoms with Gasteiger partial charge in [0.25, 0.3) is 5.91 Å². The van der Waals surface area contributed by atoms with Crippen LogP contribution in [-0.2, 0) is 0 Å². The summed E-state index contributed by atoms with van der Waals surface area (Å²) in [4.78, 5) is 24.5. The number of amides is 1. The highest BCUT2D eigenvalue weighted by Crippen LogP contribution is 2.36. The number of nitrogens with one attached hydrogen (secondary N) is 1. The third kappa shape index (κ3) is 3.98. The van der Waals surface area contributed by atoms with Gasteiger partial charge in [0.2, 0.25) is 0 Å². The molecule has 0 bridgehead atoms. The van der Waals surface area contributed by atoms with Gasteiger partial charge in [0.1, 0.15) is 10.6 Å². The van der Waals surface area contributed by atoms with Gasteiger partial charge in [0, 0.05) is 27.0 Å². The average molecular weight is 469 g/mol. The standard InChI is InChI=1S/C21H13BrN2O4S/c22-14-8-6-12(7-9-14)15-11-29-20(18(15)21(26)27)23-19(25)16-10-17(28-24-16)13-4-2-1-3-5-13/h1-11H,(H,23,25)(H,26,27). The van der Waals surface area contributed by atoms with Crippen molar-refractivity contribution in [1.82, 2.24) is 5.16 Å². The minimum absolute atomic E-state index is 0.0393.